The van der Waals surface area contributed by atoms with E-state index >= 15 is 0 Å². The van der Waals surface area contributed by atoms with Crippen molar-refractivity contribution in [2.24, 2.45) is 0 Å². The second kappa shape index (κ2) is 9.30. The van der Waals surface area contributed by atoms with Crippen LogP contribution in [0.1, 0.15) is 47.6 Å². The van der Waals surface area contributed by atoms with Gasteiger partial charge >= 0.3 is 6.36 Å². The van der Waals surface area contributed by atoms with Gasteiger partial charge in [-0.05, 0) is 38.0 Å². The average Bonchev–Trinajstić information content (AvgIpc) is 3.47. The highest BCUT2D eigenvalue weighted by atomic mass is 32.2. The fraction of sp³-hybridized carbons (Fsp3) is 0.400. The molecule has 0 aliphatic carbocycles. The lowest BCUT2D eigenvalue weighted by Gasteiger charge is -2.22. The van der Waals surface area contributed by atoms with Crippen LogP contribution in [-0.4, -0.2) is 40.9 Å². The van der Waals surface area contributed by atoms with Gasteiger partial charge < -0.3 is 18.7 Å². The van der Waals surface area contributed by atoms with E-state index in [1.165, 1.54) is 30.9 Å². The molecule has 1 atom stereocenters. The topological polar surface area (TPSA) is 141 Å². The van der Waals surface area contributed by atoms with Crippen molar-refractivity contribution in [3.8, 4) is 5.75 Å². The van der Waals surface area contributed by atoms with Crippen LogP contribution in [0.25, 0.3) is 0 Å². The first-order valence-electron chi connectivity index (χ1n) is 10.3. The molecule has 1 fully saturated rings. The molecule has 0 bridgehead atoms. The molecule has 1 amide bonds. The summed E-state index contributed by atoms with van der Waals surface area (Å²) in [6, 6.07) is 4.61. The van der Waals surface area contributed by atoms with Crippen molar-refractivity contribution in [2.75, 3.05) is 0 Å². The maximum absolute atomic E-state index is 12.5. The maximum atomic E-state index is 12.5. The molecule has 15 heteroatoms. The third kappa shape index (κ3) is 5.62. The summed E-state index contributed by atoms with van der Waals surface area (Å²) < 4.78 is 78.5. The lowest BCUT2D eigenvalue weighted by molar-refractivity contribution is -0.274. The SMILES string of the molecule is Cc1noc(C)c1S(=O)(=O)NCc1noc([C@@H]2CCC(=O)N2Cc2ccc(OC(F)(F)F)cc2)n1. The predicted octanol–water partition coefficient (Wildman–Crippen LogP) is 2.92. The van der Waals surface area contributed by atoms with Gasteiger partial charge in [0.15, 0.2) is 11.6 Å². The average molecular weight is 515 g/mol. The largest absolute Gasteiger partial charge is 0.573 e. The van der Waals surface area contributed by atoms with Gasteiger partial charge in [0.05, 0.1) is 6.54 Å². The molecule has 2 aromatic heterocycles. The van der Waals surface area contributed by atoms with E-state index in [0.29, 0.717) is 12.0 Å². The number of alkyl halides is 3. The number of halogens is 3. The molecule has 0 unspecified atom stereocenters. The number of carbonyl (C=O) groups is 1. The Kier molecular flexibility index (Phi) is 6.55. The smallest absolute Gasteiger partial charge is 0.406 e. The molecule has 188 valence electrons. The Morgan fingerprint density at radius 2 is 1.89 bits per heavy atom. The van der Waals surface area contributed by atoms with Crippen LogP contribution in [0.5, 0.6) is 5.75 Å². The van der Waals surface area contributed by atoms with Crippen LogP contribution < -0.4 is 9.46 Å². The molecule has 4 rings (SSSR count). The van der Waals surface area contributed by atoms with Crippen molar-refractivity contribution in [3.63, 3.8) is 0 Å². The van der Waals surface area contributed by atoms with E-state index in [9.17, 15) is 26.4 Å². The highest BCUT2D eigenvalue weighted by molar-refractivity contribution is 7.89. The molecule has 11 nitrogen and oxygen atoms in total. The molecule has 35 heavy (non-hydrogen) atoms. The summed E-state index contributed by atoms with van der Waals surface area (Å²) in [5.74, 6) is -0.236. The molecule has 0 saturated carbocycles. The lowest BCUT2D eigenvalue weighted by atomic mass is 10.1. The van der Waals surface area contributed by atoms with Gasteiger partial charge in [-0.1, -0.05) is 22.4 Å². The number of ether oxygens (including phenoxy) is 1. The highest BCUT2D eigenvalue weighted by Gasteiger charge is 2.36. The molecule has 0 radical (unpaired) electrons. The first-order valence-corrected chi connectivity index (χ1v) is 11.8. The normalized spacial score (nSPS) is 16.8. The van der Waals surface area contributed by atoms with Crippen molar-refractivity contribution in [2.45, 2.75) is 57.1 Å². The van der Waals surface area contributed by atoms with E-state index in [1.807, 2.05) is 0 Å². The van der Waals surface area contributed by atoms with Crippen LogP contribution >= 0.6 is 0 Å². The standard InChI is InChI=1S/C20H20F3N5O6S/c1-11-18(12(2)33-26-11)35(30,31)24-9-16-25-19(34-27-16)15-7-8-17(29)28(15)10-13-3-5-14(6-4-13)32-20(21,22)23/h3-6,15,24H,7-10H2,1-2H3/t15-/m0/s1. The second-order valence-electron chi connectivity index (χ2n) is 7.79. The third-order valence-corrected chi connectivity index (χ3v) is 6.91. The first kappa shape index (κ1) is 24.7. The van der Waals surface area contributed by atoms with Gasteiger partial charge in [-0.3, -0.25) is 4.79 Å². The number of hydrogen-bond donors (Lipinski definition) is 1. The molecule has 1 aliphatic rings. The molecular formula is C20H20F3N5O6S. The Bertz CT molecular complexity index is 1300. The van der Waals surface area contributed by atoms with Gasteiger partial charge in [0.1, 0.15) is 22.4 Å². The van der Waals surface area contributed by atoms with Crippen LogP contribution in [-0.2, 0) is 27.9 Å². The van der Waals surface area contributed by atoms with Gasteiger partial charge in [0.25, 0.3) is 0 Å². The van der Waals surface area contributed by atoms with Crippen molar-refractivity contribution in [1.82, 2.24) is 24.9 Å². The number of amides is 1. The van der Waals surface area contributed by atoms with Gasteiger partial charge in [0.2, 0.25) is 21.8 Å². The number of rotatable bonds is 8. The number of likely N-dealkylation sites (tertiary alicyclic amines) is 1. The number of aryl methyl sites for hydroxylation is 2. The molecule has 0 spiro atoms. The summed E-state index contributed by atoms with van der Waals surface area (Å²) in [6.07, 6.45) is -4.19. The molecule has 1 aliphatic heterocycles. The maximum Gasteiger partial charge on any atom is 0.573 e. The minimum atomic E-state index is -4.80. The summed E-state index contributed by atoms with van der Waals surface area (Å²) in [4.78, 5) is 18.1. The van der Waals surface area contributed by atoms with Crippen LogP contribution in [0.4, 0.5) is 13.2 Å². The van der Waals surface area contributed by atoms with Crippen LogP contribution in [0, 0.1) is 13.8 Å². The predicted molar refractivity (Wildman–Crippen MR) is 110 cm³/mol. The van der Waals surface area contributed by atoms with Crippen molar-refractivity contribution < 1.29 is 40.2 Å². The number of aromatic nitrogens is 3. The number of nitrogens with one attached hydrogen (secondary N) is 1. The van der Waals surface area contributed by atoms with Crippen LogP contribution in [0.3, 0.4) is 0 Å². The molecule has 3 aromatic rings. The summed E-state index contributed by atoms with van der Waals surface area (Å²) in [6.45, 7) is 2.81. The van der Waals surface area contributed by atoms with E-state index in [2.05, 4.69) is 24.8 Å². The minimum absolute atomic E-state index is 0.0586. The second-order valence-corrected chi connectivity index (χ2v) is 9.50. The summed E-state index contributed by atoms with van der Waals surface area (Å²) in [5.41, 5.74) is 0.786. The Morgan fingerprint density at radius 3 is 2.51 bits per heavy atom. The van der Waals surface area contributed by atoms with Crippen molar-refractivity contribution in [1.29, 1.82) is 0 Å². The fourth-order valence-electron chi connectivity index (χ4n) is 3.75. The third-order valence-electron chi connectivity index (χ3n) is 5.26. The van der Waals surface area contributed by atoms with E-state index in [-0.39, 0.29) is 59.2 Å². The Morgan fingerprint density at radius 1 is 1.17 bits per heavy atom. The molecule has 1 N–H and O–H groups in total. The van der Waals surface area contributed by atoms with Gasteiger partial charge in [-0.15, -0.1) is 13.2 Å². The van der Waals surface area contributed by atoms with Crippen molar-refractivity contribution in [3.05, 3.63) is 53.0 Å². The van der Waals surface area contributed by atoms with E-state index in [1.54, 1.807) is 0 Å². The Balaban J connectivity index is 1.43. The minimum Gasteiger partial charge on any atom is -0.406 e. The molecule has 3 heterocycles. The highest BCUT2D eigenvalue weighted by Crippen LogP contribution is 2.33. The quantitative estimate of drug-likeness (QED) is 0.479. The number of carbonyl (C=O) groups excluding carboxylic acids is 1. The van der Waals surface area contributed by atoms with E-state index in [4.69, 9.17) is 9.05 Å². The molecular weight excluding hydrogens is 495 g/mol. The number of sulfonamides is 1. The monoisotopic (exact) mass is 515 g/mol. The van der Waals surface area contributed by atoms with Crippen LogP contribution in [0.15, 0.2) is 38.2 Å². The van der Waals surface area contributed by atoms with E-state index < -0.39 is 22.4 Å². The fourth-order valence-corrected chi connectivity index (χ4v) is 5.05. The molecule has 1 saturated heterocycles. The Hall–Kier alpha value is -3.46. The number of hydrogen-bond acceptors (Lipinski definition) is 9. The zero-order valence-electron chi connectivity index (χ0n) is 18.5. The van der Waals surface area contributed by atoms with Gasteiger partial charge in [-0.2, -0.15) is 4.98 Å². The zero-order valence-corrected chi connectivity index (χ0v) is 19.3. The summed E-state index contributed by atoms with van der Waals surface area (Å²) >= 11 is 0. The van der Waals surface area contributed by atoms with Gasteiger partial charge in [0, 0.05) is 13.0 Å². The lowest BCUT2D eigenvalue weighted by Crippen LogP contribution is -2.27. The zero-order chi connectivity index (χ0) is 25.4. The summed E-state index contributed by atoms with van der Waals surface area (Å²) in [5, 5.41) is 7.41. The van der Waals surface area contributed by atoms with Crippen LogP contribution in [0.2, 0.25) is 0 Å². The van der Waals surface area contributed by atoms with E-state index in [0.717, 1.165) is 12.1 Å². The van der Waals surface area contributed by atoms with Crippen molar-refractivity contribution >= 4 is 15.9 Å². The Labute approximate surface area is 197 Å². The summed E-state index contributed by atoms with van der Waals surface area (Å²) in [7, 11) is -3.93. The number of benzene rings is 1. The number of nitrogens with zero attached hydrogens (tertiary/aromatic N) is 4. The molecule has 1 aromatic carbocycles. The van der Waals surface area contributed by atoms with Gasteiger partial charge in [-0.25, -0.2) is 13.1 Å². The first-order chi connectivity index (χ1) is 16.4.